The molecular formula is C19H27N3O. The van der Waals surface area contributed by atoms with Crippen LogP contribution in [-0.2, 0) is 0 Å². The number of rotatable bonds is 3. The van der Waals surface area contributed by atoms with E-state index in [9.17, 15) is 5.26 Å². The van der Waals surface area contributed by atoms with Crippen LogP contribution >= 0.6 is 0 Å². The molecule has 2 saturated heterocycles. The van der Waals surface area contributed by atoms with Crippen LogP contribution in [0.25, 0.3) is 0 Å². The number of nitriles is 1. The molecule has 0 saturated carbocycles. The largest absolute Gasteiger partial charge is 0.497 e. The normalized spacial score (nSPS) is 26.7. The average Bonchev–Trinajstić information content (AvgIpc) is 2.62. The van der Waals surface area contributed by atoms with Crippen molar-refractivity contribution in [3.05, 3.63) is 24.3 Å². The number of methoxy groups -OCH3 is 1. The Kier molecular flexibility index (Phi) is 4.77. The van der Waals surface area contributed by atoms with E-state index >= 15 is 0 Å². The van der Waals surface area contributed by atoms with E-state index in [2.05, 4.69) is 41.0 Å². The van der Waals surface area contributed by atoms with E-state index in [-0.39, 0.29) is 5.41 Å². The Labute approximate surface area is 139 Å². The highest BCUT2D eigenvalue weighted by Gasteiger charge is 2.35. The van der Waals surface area contributed by atoms with Crippen LogP contribution in [0.5, 0.6) is 5.75 Å². The average molecular weight is 313 g/mol. The maximum atomic E-state index is 9.41. The first-order valence-corrected chi connectivity index (χ1v) is 8.68. The Morgan fingerprint density at radius 1 is 1.26 bits per heavy atom. The lowest BCUT2D eigenvalue weighted by atomic mass is 9.82. The van der Waals surface area contributed by atoms with Crippen LogP contribution in [-0.4, -0.2) is 44.2 Å². The molecule has 4 nitrogen and oxygen atoms in total. The van der Waals surface area contributed by atoms with Gasteiger partial charge in [0, 0.05) is 37.4 Å². The van der Waals surface area contributed by atoms with Crippen molar-refractivity contribution >= 4 is 5.69 Å². The Morgan fingerprint density at radius 3 is 2.74 bits per heavy atom. The van der Waals surface area contributed by atoms with Crippen molar-refractivity contribution in [1.29, 1.82) is 5.26 Å². The maximum Gasteiger partial charge on any atom is 0.120 e. The van der Waals surface area contributed by atoms with Gasteiger partial charge in [0.25, 0.3) is 0 Å². The van der Waals surface area contributed by atoms with Crippen LogP contribution in [0.4, 0.5) is 5.69 Å². The van der Waals surface area contributed by atoms with Crippen LogP contribution in [0.2, 0.25) is 0 Å². The summed E-state index contributed by atoms with van der Waals surface area (Å²) in [6, 6.07) is 11.5. The molecule has 23 heavy (non-hydrogen) atoms. The fourth-order valence-corrected chi connectivity index (χ4v) is 3.98. The molecule has 1 aromatic carbocycles. The Hall–Kier alpha value is -1.73. The van der Waals surface area contributed by atoms with Gasteiger partial charge in [-0.2, -0.15) is 5.26 Å². The lowest BCUT2D eigenvalue weighted by Gasteiger charge is -2.44. The van der Waals surface area contributed by atoms with Gasteiger partial charge in [-0.25, -0.2) is 0 Å². The summed E-state index contributed by atoms with van der Waals surface area (Å²) in [5.41, 5.74) is 1.10. The second-order valence-electron chi connectivity index (χ2n) is 7.17. The highest BCUT2D eigenvalue weighted by atomic mass is 16.5. The summed E-state index contributed by atoms with van der Waals surface area (Å²) >= 11 is 0. The maximum absolute atomic E-state index is 9.41. The lowest BCUT2D eigenvalue weighted by molar-refractivity contribution is 0.0852. The van der Waals surface area contributed by atoms with E-state index in [1.54, 1.807) is 7.11 Å². The highest BCUT2D eigenvalue weighted by Crippen LogP contribution is 2.32. The quantitative estimate of drug-likeness (QED) is 0.858. The third-order valence-electron chi connectivity index (χ3n) is 5.40. The number of benzene rings is 1. The fraction of sp³-hybridized carbons (Fsp3) is 0.632. The number of ether oxygens (including phenoxy) is 1. The van der Waals surface area contributed by atoms with E-state index in [0.29, 0.717) is 6.04 Å². The minimum Gasteiger partial charge on any atom is -0.497 e. The molecule has 0 N–H and O–H groups in total. The molecule has 0 aliphatic carbocycles. The first-order chi connectivity index (χ1) is 11.1. The van der Waals surface area contributed by atoms with Gasteiger partial charge in [-0.05, 0) is 51.3 Å². The summed E-state index contributed by atoms with van der Waals surface area (Å²) in [6.45, 7) is 6.37. The number of nitrogens with zero attached hydrogens (tertiary/aromatic N) is 3. The predicted molar refractivity (Wildman–Crippen MR) is 92.8 cm³/mol. The molecule has 2 aliphatic heterocycles. The number of anilines is 1. The van der Waals surface area contributed by atoms with E-state index in [4.69, 9.17) is 4.74 Å². The van der Waals surface area contributed by atoms with Crippen molar-refractivity contribution in [1.82, 2.24) is 4.90 Å². The third kappa shape index (κ3) is 3.61. The fourth-order valence-electron chi connectivity index (χ4n) is 3.98. The van der Waals surface area contributed by atoms with E-state index < -0.39 is 0 Å². The topological polar surface area (TPSA) is 39.5 Å². The summed E-state index contributed by atoms with van der Waals surface area (Å²) < 4.78 is 5.33. The van der Waals surface area contributed by atoms with Gasteiger partial charge in [-0.1, -0.05) is 6.07 Å². The molecule has 124 valence electrons. The molecule has 1 atom stereocenters. The Balaban J connectivity index is 1.59. The van der Waals surface area contributed by atoms with Crippen LogP contribution in [0.1, 0.15) is 32.6 Å². The first-order valence-electron chi connectivity index (χ1n) is 8.68. The first kappa shape index (κ1) is 16.1. The van der Waals surface area contributed by atoms with Gasteiger partial charge in [0.05, 0.1) is 18.6 Å². The van der Waals surface area contributed by atoms with Crippen molar-refractivity contribution in [2.45, 2.75) is 38.6 Å². The zero-order chi connectivity index (χ0) is 16.3. The summed E-state index contributed by atoms with van der Waals surface area (Å²) in [5.74, 6) is 0.922. The minimum absolute atomic E-state index is 0.151. The zero-order valence-corrected chi connectivity index (χ0v) is 14.3. The molecule has 0 bridgehead atoms. The molecular weight excluding hydrogens is 286 g/mol. The van der Waals surface area contributed by atoms with E-state index in [1.807, 2.05) is 6.07 Å². The summed E-state index contributed by atoms with van der Waals surface area (Å²) in [5, 5.41) is 9.41. The number of piperidine rings is 2. The molecule has 2 aliphatic rings. The third-order valence-corrected chi connectivity index (χ3v) is 5.40. The van der Waals surface area contributed by atoms with Crippen LogP contribution in [0.3, 0.4) is 0 Å². The zero-order valence-electron chi connectivity index (χ0n) is 14.3. The molecule has 0 radical (unpaired) electrons. The Bertz CT molecular complexity index is 574. The van der Waals surface area contributed by atoms with Crippen molar-refractivity contribution in [2.24, 2.45) is 5.41 Å². The standard InChI is InChI=1S/C19H27N3O/c1-19(14-20)9-4-10-22(15-19)16-7-11-21(12-8-16)17-5-3-6-18(13-17)23-2/h3,5-6,13,16H,4,7-12,15H2,1-2H3/t19-/m1/s1. The molecule has 4 heteroatoms. The van der Waals surface area contributed by atoms with Gasteiger partial charge >= 0.3 is 0 Å². The van der Waals surface area contributed by atoms with Crippen molar-refractivity contribution in [2.75, 3.05) is 38.2 Å². The van der Waals surface area contributed by atoms with Gasteiger partial charge < -0.3 is 9.64 Å². The van der Waals surface area contributed by atoms with Gasteiger partial charge in [-0.15, -0.1) is 0 Å². The highest BCUT2D eigenvalue weighted by molar-refractivity contribution is 5.51. The monoisotopic (exact) mass is 313 g/mol. The molecule has 0 amide bonds. The molecule has 0 unspecified atom stereocenters. The van der Waals surface area contributed by atoms with Gasteiger partial charge in [0.1, 0.15) is 5.75 Å². The van der Waals surface area contributed by atoms with E-state index in [1.165, 1.54) is 18.5 Å². The van der Waals surface area contributed by atoms with E-state index in [0.717, 1.165) is 44.8 Å². The molecule has 3 rings (SSSR count). The van der Waals surface area contributed by atoms with Gasteiger partial charge in [0.15, 0.2) is 0 Å². The summed E-state index contributed by atoms with van der Waals surface area (Å²) in [4.78, 5) is 5.02. The number of hydrogen-bond donors (Lipinski definition) is 0. The van der Waals surface area contributed by atoms with Crippen molar-refractivity contribution in [3.63, 3.8) is 0 Å². The second-order valence-corrected chi connectivity index (χ2v) is 7.17. The van der Waals surface area contributed by atoms with Crippen molar-refractivity contribution in [3.8, 4) is 11.8 Å². The number of likely N-dealkylation sites (tertiary alicyclic amines) is 1. The second kappa shape index (κ2) is 6.80. The van der Waals surface area contributed by atoms with Crippen molar-refractivity contribution < 1.29 is 4.74 Å². The molecule has 0 spiro atoms. The van der Waals surface area contributed by atoms with Crippen LogP contribution in [0.15, 0.2) is 24.3 Å². The van der Waals surface area contributed by atoms with Gasteiger partial charge in [-0.3, -0.25) is 4.90 Å². The lowest BCUT2D eigenvalue weighted by Crippen LogP contribution is -2.50. The molecule has 2 heterocycles. The minimum atomic E-state index is -0.151. The van der Waals surface area contributed by atoms with Crippen LogP contribution in [0, 0.1) is 16.7 Å². The predicted octanol–water partition coefficient (Wildman–Crippen LogP) is 3.29. The number of hydrogen-bond acceptors (Lipinski definition) is 4. The molecule has 0 aromatic heterocycles. The SMILES string of the molecule is COc1cccc(N2CCC(N3CCC[C@](C)(C#N)C3)CC2)c1. The van der Waals surface area contributed by atoms with Gasteiger partial charge in [0.2, 0.25) is 0 Å². The summed E-state index contributed by atoms with van der Waals surface area (Å²) in [7, 11) is 1.72. The Morgan fingerprint density at radius 2 is 2.04 bits per heavy atom. The molecule has 1 aromatic rings. The smallest absolute Gasteiger partial charge is 0.120 e. The summed E-state index contributed by atoms with van der Waals surface area (Å²) in [6.07, 6.45) is 4.56. The van der Waals surface area contributed by atoms with Crippen LogP contribution < -0.4 is 9.64 Å². The molecule has 2 fully saturated rings.